The van der Waals surface area contributed by atoms with E-state index in [1.165, 1.54) is 6.92 Å². The molecule has 1 spiro atoms. The van der Waals surface area contributed by atoms with Crippen molar-refractivity contribution in [2.75, 3.05) is 13.2 Å². The second kappa shape index (κ2) is 10.2. The number of Topliss-reactive ketones (excluding diaryl/α,β-unsaturated/α-hetero) is 1. The first kappa shape index (κ1) is 34.0. The lowest BCUT2D eigenvalue weighted by Gasteiger charge is -2.65. The first-order valence-corrected chi connectivity index (χ1v) is 19.2. The molecule has 0 radical (unpaired) electrons. The molecule has 4 aliphatic heterocycles. The van der Waals surface area contributed by atoms with Gasteiger partial charge in [0.15, 0.2) is 17.3 Å². The standard InChI is InChI=1S/C42H48O11/c1-21-16-28(43)52-26-9-7-6-8-22(26)30-31(51-21)25-10-13-36(2)27-12-14-40-18-41(40,39(27,5)33(45)29(44)32(36)37(25,3)19-49-30)15-11-24(40)23-17-42(53-34(23)46)35(47)38(4,48)20-50-42/h6-10,12,14,21,23-24,27,29,32,35,44,47-48H,11,13,15-20H2,1-5H3/t21?,23-,24+,27+,29+,32+,35+,36+,37-,38-,39-,40+,41+,42+/m0/s1. The van der Waals surface area contributed by atoms with Gasteiger partial charge in [0, 0.05) is 28.7 Å². The molecule has 11 heteroatoms. The van der Waals surface area contributed by atoms with Gasteiger partial charge in [-0.1, -0.05) is 51.1 Å². The Morgan fingerprint density at radius 3 is 2.51 bits per heavy atom. The highest BCUT2D eigenvalue weighted by atomic mass is 16.7. The number of rotatable bonds is 1. The number of allylic oxidation sites excluding steroid dienone is 4. The Hall–Kier alpha value is -3.51. The molecule has 11 nitrogen and oxygen atoms in total. The zero-order valence-corrected chi connectivity index (χ0v) is 30.8. The highest BCUT2D eigenvalue weighted by molar-refractivity contribution is 5.93. The van der Waals surface area contributed by atoms with Crippen LogP contribution in [0.3, 0.4) is 0 Å². The van der Waals surface area contributed by atoms with Gasteiger partial charge in [-0.25, -0.2) is 0 Å². The van der Waals surface area contributed by atoms with Gasteiger partial charge < -0.3 is 39.0 Å². The van der Waals surface area contributed by atoms with E-state index < -0.39 is 80.5 Å². The van der Waals surface area contributed by atoms with Gasteiger partial charge in [-0.05, 0) is 79.7 Å². The van der Waals surface area contributed by atoms with Gasteiger partial charge in [0.25, 0.3) is 0 Å². The molecule has 282 valence electrons. The predicted octanol–water partition coefficient (Wildman–Crippen LogP) is 4.38. The molecule has 9 aliphatic rings. The smallest absolute Gasteiger partial charge is 0.314 e. The van der Waals surface area contributed by atoms with Gasteiger partial charge in [-0.15, -0.1) is 0 Å². The number of aliphatic hydroxyl groups excluding tert-OH is 2. The number of hydrogen-bond acceptors (Lipinski definition) is 11. The van der Waals surface area contributed by atoms with Crippen LogP contribution in [0, 0.1) is 50.7 Å². The van der Waals surface area contributed by atoms with E-state index in [1.807, 2.05) is 25.1 Å². The second-order valence-corrected chi connectivity index (χ2v) is 18.7. The molecule has 0 bridgehead atoms. The average molecular weight is 729 g/mol. The summed E-state index contributed by atoms with van der Waals surface area (Å²) < 4.78 is 30.5. The zero-order chi connectivity index (χ0) is 37.3. The maximum Gasteiger partial charge on any atom is 0.314 e. The molecular formula is C42H48O11. The quantitative estimate of drug-likeness (QED) is 0.214. The molecule has 0 aromatic heterocycles. The van der Waals surface area contributed by atoms with Crippen LogP contribution in [0.5, 0.6) is 5.75 Å². The second-order valence-electron chi connectivity index (χ2n) is 18.7. The first-order chi connectivity index (χ1) is 25.0. The van der Waals surface area contributed by atoms with E-state index in [0.29, 0.717) is 35.7 Å². The number of fused-ring (bicyclic) bond motifs is 8. The van der Waals surface area contributed by atoms with Gasteiger partial charge in [0.1, 0.15) is 29.7 Å². The highest BCUT2D eigenvalue weighted by Gasteiger charge is 2.86. The lowest BCUT2D eigenvalue weighted by molar-refractivity contribution is -0.223. The Kier molecular flexibility index (Phi) is 6.55. The van der Waals surface area contributed by atoms with Crippen LogP contribution >= 0.6 is 0 Å². The minimum absolute atomic E-state index is 0.0431. The van der Waals surface area contributed by atoms with E-state index in [1.54, 1.807) is 6.07 Å². The van der Waals surface area contributed by atoms with E-state index in [-0.39, 0.29) is 43.7 Å². The number of carbonyl (C=O) groups excluding carboxylic acids is 3. The summed E-state index contributed by atoms with van der Waals surface area (Å²) >= 11 is 0. The van der Waals surface area contributed by atoms with Crippen molar-refractivity contribution < 1.29 is 53.4 Å². The molecule has 3 N–H and O–H groups in total. The fourth-order valence-electron chi connectivity index (χ4n) is 13.6. The van der Waals surface area contributed by atoms with Gasteiger partial charge in [-0.3, -0.25) is 14.4 Å². The number of esters is 2. The molecule has 14 atom stereocenters. The number of aliphatic hydroxyl groups is 3. The SMILES string of the molecule is CC1CC(=O)Oc2ccccc2C2=C(O1)C1=CC[C@@]3(C)[C@@H]([C@@H](O)C(=O)[C@]4(C)[C@@H]3C=C[C@]35C[C@@]34CC[C@@H]5[C@@H]3C[C@@]4(OC[C@](C)(O)[C@H]4O)OC3=O)[C@@]1(C)CO2. The maximum absolute atomic E-state index is 15.1. The van der Waals surface area contributed by atoms with Crippen LogP contribution < -0.4 is 4.74 Å². The van der Waals surface area contributed by atoms with Crippen molar-refractivity contribution in [3.05, 3.63) is 59.4 Å². The van der Waals surface area contributed by atoms with Gasteiger partial charge in [0.2, 0.25) is 5.79 Å². The summed E-state index contributed by atoms with van der Waals surface area (Å²) in [5.41, 5.74) is -3.15. The Morgan fingerprint density at radius 1 is 0.981 bits per heavy atom. The summed E-state index contributed by atoms with van der Waals surface area (Å²) in [6.45, 7) is 9.70. The molecule has 1 aromatic rings. The minimum Gasteiger partial charge on any atom is -0.488 e. The van der Waals surface area contributed by atoms with Crippen molar-refractivity contribution in [3.8, 4) is 5.75 Å². The van der Waals surface area contributed by atoms with Crippen molar-refractivity contribution in [2.24, 2.45) is 50.7 Å². The Bertz CT molecular complexity index is 1980. The molecule has 5 fully saturated rings. The Morgan fingerprint density at radius 2 is 1.75 bits per heavy atom. The van der Waals surface area contributed by atoms with E-state index >= 15 is 4.79 Å². The van der Waals surface area contributed by atoms with E-state index in [4.69, 9.17) is 23.7 Å². The third-order valence-corrected chi connectivity index (χ3v) is 15.9. The summed E-state index contributed by atoms with van der Waals surface area (Å²) in [7, 11) is 0. The van der Waals surface area contributed by atoms with E-state index in [9.17, 15) is 24.9 Å². The largest absolute Gasteiger partial charge is 0.488 e. The molecule has 10 rings (SSSR count). The summed E-state index contributed by atoms with van der Waals surface area (Å²) in [5, 5.41) is 34.2. The van der Waals surface area contributed by atoms with Crippen LogP contribution in [0.1, 0.15) is 78.7 Å². The summed E-state index contributed by atoms with van der Waals surface area (Å²) in [5.74, 6) is -2.56. The van der Waals surface area contributed by atoms with Gasteiger partial charge in [-0.2, -0.15) is 0 Å². The average Bonchev–Trinajstić information content (AvgIpc) is 3.37. The summed E-state index contributed by atoms with van der Waals surface area (Å²) in [6, 6.07) is 7.25. The molecule has 53 heavy (non-hydrogen) atoms. The first-order valence-electron chi connectivity index (χ1n) is 19.2. The van der Waals surface area contributed by atoms with Crippen molar-refractivity contribution in [2.45, 2.75) is 103 Å². The number of ether oxygens (including phenoxy) is 5. The third-order valence-electron chi connectivity index (χ3n) is 15.9. The molecule has 3 saturated carbocycles. The number of para-hydroxylation sites is 1. The summed E-state index contributed by atoms with van der Waals surface area (Å²) in [6.07, 6.45) is 6.49. The number of hydrogen-bond donors (Lipinski definition) is 3. The Labute approximate surface area is 308 Å². The molecule has 1 aromatic carbocycles. The summed E-state index contributed by atoms with van der Waals surface area (Å²) in [4.78, 5) is 41.5. The fraction of sp³-hybridized carbons (Fsp3) is 0.643. The number of ketones is 1. The van der Waals surface area contributed by atoms with Crippen molar-refractivity contribution in [3.63, 3.8) is 0 Å². The topological polar surface area (TPSA) is 158 Å². The molecule has 2 saturated heterocycles. The lowest BCUT2D eigenvalue weighted by atomic mass is 9.38. The predicted molar refractivity (Wildman–Crippen MR) is 186 cm³/mol. The van der Waals surface area contributed by atoms with Crippen molar-refractivity contribution in [1.82, 2.24) is 0 Å². The zero-order valence-electron chi connectivity index (χ0n) is 30.8. The number of carbonyl (C=O) groups is 3. The monoisotopic (exact) mass is 728 g/mol. The van der Waals surface area contributed by atoms with Crippen molar-refractivity contribution in [1.29, 1.82) is 0 Å². The van der Waals surface area contributed by atoms with Crippen LogP contribution in [-0.2, 0) is 33.3 Å². The van der Waals surface area contributed by atoms with Crippen LogP contribution in [0.4, 0.5) is 0 Å². The molecule has 4 heterocycles. The Balaban J connectivity index is 1.04. The van der Waals surface area contributed by atoms with Crippen LogP contribution in [-0.4, -0.2) is 76.0 Å². The number of benzene rings is 1. The molecule has 1 unspecified atom stereocenters. The lowest BCUT2D eigenvalue weighted by Crippen LogP contribution is -2.68. The van der Waals surface area contributed by atoms with E-state index in [2.05, 4.69) is 39.0 Å². The van der Waals surface area contributed by atoms with Crippen LogP contribution in [0.25, 0.3) is 5.76 Å². The fourth-order valence-corrected chi connectivity index (χ4v) is 13.6. The van der Waals surface area contributed by atoms with Gasteiger partial charge in [0.05, 0.1) is 31.1 Å². The molecule has 5 aliphatic carbocycles. The maximum atomic E-state index is 15.1. The van der Waals surface area contributed by atoms with Gasteiger partial charge >= 0.3 is 11.9 Å². The van der Waals surface area contributed by atoms with Crippen LogP contribution in [0.15, 0.2) is 53.8 Å². The van der Waals surface area contributed by atoms with Crippen LogP contribution in [0.2, 0.25) is 0 Å². The molecule has 0 amide bonds. The van der Waals surface area contributed by atoms with Crippen molar-refractivity contribution >= 4 is 23.5 Å². The minimum atomic E-state index is -1.58. The third kappa shape index (κ3) is 3.87. The normalized spacial score (nSPS) is 51.7. The molecular weight excluding hydrogens is 680 g/mol. The highest BCUT2D eigenvalue weighted by Crippen LogP contribution is 2.89. The van der Waals surface area contributed by atoms with E-state index in [0.717, 1.165) is 18.4 Å².